The predicted molar refractivity (Wildman–Crippen MR) is 82.4 cm³/mol. The van der Waals surface area contributed by atoms with Crippen LogP contribution >= 0.6 is 0 Å². The Labute approximate surface area is 134 Å². The summed E-state index contributed by atoms with van der Waals surface area (Å²) in [5.41, 5.74) is 0.437. The Morgan fingerprint density at radius 3 is 2.74 bits per heavy atom. The molecule has 2 rings (SSSR count). The molecule has 5 nitrogen and oxygen atoms in total. The molecule has 0 fully saturated rings. The first-order valence-electron chi connectivity index (χ1n) is 7.46. The first-order valence-corrected chi connectivity index (χ1v) is 7.46. The van der Waals surface area contributed by atoms with E-state index in [9.17, 15) is 19.1 Å². The zero-order valence-electron chi connectivity index (χ0n) is 13.4. The Kier molecular flexibility index (Phi) is 5.03. The molecule has 1 aromatic carbocycles. The van der Waals surface area contributed by atoms with E-state index in [2.05, 4.69) is 0 Å². The molecule has 0 bridgehead atoms. The number of benzene rings is 1. The van der Waals surface area contributed by atoms with Crippen LogP contribution in [0.5, 0.6) is 5.75 Å². The first-order chi connectivity index (χ1) is 10.8. The standard InChI is InChI=1S/C17H20FNO4/c1-10(2)7-13(17(21)22)19-9-12(8-15(19)20)23-14-6-4-5-11(3)16(14)18/h4-6,8,10,13H,7,9H2,1-3H3,(H,21,22). The second-order valence-electron chi connectivity index (χ2n) is 6.05. The van der Waals surface area contributed by atoms with E-state index >= 15 is 0 Å². The lowest BCUT2D eigenvalue weighted by molar-refractivity contribution is -0.148. The fourth-order valence-corrected chi connectivity index (χ4v) is 2.49. The van der Waals surface area contributed by atoms with Gasteiger partial charge in [0.2, 0.25) is 0 Å². The highest BCUT2D eigenvalue weighted by atomic mass is 19.1. The Morgan fingerprint density at radius 2 is 2.13 bits per heavy atom. The number of halogens is 1. The van der Waals surface area contributed by atoms with Crippen LogP contribution in [0.1, 0.15) is 25.8 Å². The van der Waals surface area contributed by atoms with Gasteiger partial charge >= 0.3 is 5.97 Å². The molecule has 1 atom stereocenters. The summed E-state index contributed by atoms with van der Waals surface area (Å²) < 4.78 is 19.4. The number of hydrogen-bond donors (Lipinski definition) is 1. The lowest BCUT2D eigenvalue weighted by atomic mass is 10.0. The summed E-state index contributed by atoms with van der Waals surface area (Å²) >= 11 is 0. The number of carbonyl (C=O) groups excluding carboxylic acids is 1. The predicted octanol–water partition coefficient (Wildman–Crippen LogP) is 2.74. The molecule has 0 radical (unpaired) electrons. The second kappa shape index (κ2) is 6.81. The SMILES string of the molecule is Cc1cccc(OC2=CC(=O)N(C(CC(C)C)C(=O)O)C2)c1F. The molecule has 1 N–H and O–H groups in total. The van der Waals surface area contributed by atoms with Crippen LogP contribution in [0.25, 0.3) is 0 Å². The molecule has 1 unspecified atom stereocenters. The summed E-state index contributed by atoms with van der Waals surface area (Å²) in [6.07, 6.45) is 1.57. The summed E-state index contributed by atoms with van der Waals surface area (Å²) in [6, 6.07) is 3.83. The third-order valence-electron chi connectivity index (χ3n) is 3.65. The van der Waals surface area contributed by atoms with E-state index in [1.54, 1.807) is 19.1 Å². The number of carbonyl (C=O) groups is 2. The van der Waals surface area contributed by atoms with Crippen LogP contribution in [-0.2, 0) is 9.59 Å². The number of hydrogen-bond acceptors (Lipinski definition) is 3. The molecule has 1 heterocycles. The molecule has 0 aliphatic carbocycles. The fourth-order valence-electron chi connectivity index (χ4n) is 2.49. The van der Waals surface area contributed by atoms with Gasteiger partial charge in [-0.15, -0.1) is 0 Å². The second-order valence-corrected chi connectivity index (χ2v) is 6.05. The molecule has 6 heteroatoms. The number of aryl methyl sites for hydroxylation is 1. The maximum absolute atomic E-state index is 14.0. The van der Waals surface area contributed by atoms with Crippen molar-refractivity contribution in [3.8, 4) is 5.75 Å². The summed E-state index contributed by atoms with van der Waals surface area (Å²) in [6.45, 7) is 5.43. The van der Waals surface area contributed by atoms with Crippen LogP contribution in [0.2, 0.25) is 0 Å². The molecule has 1 amide bonds. The van der Waals surface area contributed by atoms with Gasteiger partial charge in [-0.2, -0.15) is 0 Å². The Balaban J connectivity index is 2.13. The van der Waals surface area contributed by atoms with Gasteiger partial charge in [0.15, 0.2) is 11.6 Å². The molecule has 124 valence electrons. The number of nitrogens with zero attached hydrogens (tertiary/aromatic N) is 1. The molecule has 1 aliphatic heterocycles. The van der Waals surface area contributed by atoms with Crippen molar-refractivity contribution in [3.05, 3.63) is 41.4 Å². The summed E-state index contributed by atoms with van der Waals surface area (Å²) in [4.78, 5) is 24.7. The average molecular weight is 321 g/mol. The van der Waals surface area contributed by atoms with E-state index in [0.717, 1.165) is 0 Å². The smallest absolute Gasteiger partial charge is 0.326 e. The number of rotatable bonds is 6. The summed E-state index contributed by atoms with van der Waals surface area (Å²) in [7, 11) is 0. The highest BCUT2D eigenvalue weighted by Crippen LogP contribution is 2.25. The van der Waals surface area contributed by atoms with Gasteiger partial charge in [0.1, 0.15) is 11.8 Å². The summed E-state index contributed by atoms with van der Waals surface area (Å²) in [5.74, 6) is -1.57. The zero-order valence-corrected chi connectivity index (χ0v) is 13.4. The minimum atomic E-state index is -1.05. The van der Waals surface area contributed by atoms with E-state index in [4.69, 9.17) is 4.74 Å². The lowest BCUT2D eigenvalue weighted by Crippen LogP contribution is -2.43. The Bertz CT molecular complexity index is 654. The molecule has 1 aliphatic rings. The van der Waals surface area contributed by atoms with Gasteiger partial charge < -0.3 is 14.7 Å². The monoisotopic (exact) mass is 321 g/mol. The highest BCUT2D eigenvalue weighted by molar-refractivity contribution is 5.94. The number of amides is 1. The van der Waals surface area contributed by atoms with Crippen LogP contribution < -0.4 is 4.74 Å². The largest absolute Gasteiger partial charge is 0.480 e. The van der Waals surface area contributed by atoms with Gasteiger partial charge in [-0.05, 0) is 30.9 Å². The van der Waals surface area contributed by atoms with Crippen LogP contribution in [0.15, 0.2) is 30.0 Å². The topological polar surface area (TPSA) is 66.8 Å². The minimum Gasteiger partial charge on any atom is -0.480 e. The van der Waals surface area contributed by atoms with Gasteiger partial charge in [-0.1, -0.05) is 26.0 Å². The van der Waals surface area contributed by atoms with Crippen molar-refractivity contribution >= 4 is 11.9 Å². The van der Waals surface area contributed by atoms with Crippen molar-refractivity contribution in [2.45, 2.75) is 33.2 Å². The molecule has 0 spiro atoms. The Morgan fingerprint density at radius 1 is 1.43 bits per heavy atom. The molecule has 0 aromatic heterocycles. The van der Waals surface area contributed by atoms with Crippen molar-refractivity contribution in [2.24, 2.45) is 5.92 Å². The fraction of sp³-hybridized carbons (Fsp3) is 0.412. The first kappa shape index (κ1) is 17.0. The third-order valence-corrected chi connectivity index (χ3v) is 3.65. The zero-order chi connectivity index (χ0) is 17.1. The number of aliphatic carboxylic acids is 1. The normalized spacial score (nSPS) is 15.8. The third kappa shape index (κ3) is 3.88. The van der Waals surface area contributed by atoms with E-state index in [0.29, 0.717) is 12.0 Å². The van der Waals surface area contributed by atoms with Gasteiger partial charge in [-0.25, -0.2) is 9.18 Å². The van der Waals surface area contributed by atoms with Crippen LogP contribution in [0.4, 0.5) is 4.39 Å². The van der Waals surface area contributed by atoms with Gasteiger partial charge in [-0.3, -0.25) is 4.79 Å². The number of carboxylic acids is 1. The Hall–Kier alpha value is -2.37. The molecular formula is C17H20FNO4. The molecule has 0 saturated carbocycles. The quantitative estimate of drug-likeness (QED) is 0.875. The van der Waals surface area contributed by atoms with Gasteiger partial charge in [0.25, 0.3) is 5.91 Å². The number of carboxylic acid groups (broad SMARTS) is 1. The van der Waals surface area contributed by atoms with Crippen LogP contribution in [-0.4, -0.2) is 34.5 Å². The van der Waals surface area contributed by atoms with Crippen molar-refractivity contribution in [1.82, 2.24) is 4.90 Å². The van der Waals surface area contributed by atoms with E-state index < -0.39 is 23.7 Å². The number of ether oxygens (including phenoxy) is 1. The van der Waals surface area contributed by atoms with Crippen molar-refractivity contribution in [3.63, 3.8) is 0 Å². The molecule has 0 saturated heterocycles. The van der Waals surface area contributed by atoms with E-state index in [1.165, 1.54) is 17.0 Å². The maximum atomic E-state index is 14.0. The van der Waals surface area contributed by atoms with Crippen LogP contribution in [0.3, 0.4) is 0 Å². The minimum absolute atomic E-state index is 0.0237. The summed E-state index contributed by atoms with van der Waals surface area (Å²) in [5, 5.41) is 9.34. The lowest BCUT2D eigenvalue weighted by Gasteiger charge is -2.25. The molecular weight excluding hydrogens is 301 g/mol. The highest BCUT2D eigenvalue weighted by Gasteiger charge is 2.34. The van der Waals surface area contributed by atoms with Crippen LogP contribution in [0, 0.1) is 18.7 Å². The van der Waals surface area contributed by atoms with Crippen molar-refractivity contribution in [2.75, 3.05) is 6.54 Å². The molecule has 1 aromatic rings. The molecule has 23 heavy (non-hydrogen) atoms. The van der Waals surface area contributed by atoms with E-state index in [-0.39, 0.29) is 24.0 Å². The van der Waals surface area contributed by atoms with Crippen molar-refractivity contribution in [1.29, 1.82) is 0 Å². The van der Waals surface area contributed by atoms with Gasteiger partial charge in [0.05, 0.1) is 6.54 Å². The average Bonchev–Trinajstić information content (AvgIpc) is 2.81. The maximum Gasteiger partial charge on any atom is 0.326 e. The van der Waals surface area contributed by atoms with Gasteiger partial charge in [0, 0.05) is 6.08 Å². The van der Waals surface area contributed by atoms with Crippen molar-refractivity contribution < 1.29 is 23.8 Å². The van der Waals surface area contributed by atoms with E-state index in [1.807, 2.05) is 13.8 Å².